The molecule has 0 saturated carbocycles. The molecule has 115 heavy (non-hydrogen) atoms. The Balaban J connectivity index is -0.000000377. The van der Waals surface area contributed by atoms with Gasteiger partial charge in [0.2, 0.25) is 0 Å². The highest BCUT2D eigenvalue weighted by molar-refractivity contribution is 5.72. The van der Waals surface area contributed by atoms with Gasteiger partial charge in [0.1, 0.15) is 5.78 Å². The topological polar surface area (TPSA) is 26.3 Å². The Labute approximate surface area is 698 Å². The van der Waals surface area contributed by atoms with E-state index in [0.29, 0.717) is 5.41 Å². The van der Waals surface area contributed by atoms with Crippen LogP contribution in [0.25, 0.3) is 0 Å². The first kappa shape index (κ1) is 114. The smallest absolute Gasteiger partial charge is 0.388 e. The normalized spacial score (nSPS) is 9.72. The lowest BCUT2D eigenvalue weighted by molar-refractivity contribution is -0.327. The van der Waals surface area contributed by atoms with Crippen molar-refractivity contribution in [1.29, 1.82) is 0 Å². The molecule has 632 valence electrons. The number of ketones is 1. The molecule has 0 aromatic heterocycles. The predicted octanol–water partition coefficient (Wildman–Crippen LogP) is 33.0. The highest BCUT2D eigenvalue weighted by Gasteiger charge is 2.64. The van der Waals surface area contributed by atoms with Crippen molar-refractivity contribution in [3.05, 3.63) is 388 Å². The van der Waals surface area contributed by atoms with E-state index in [1.165, 1.54) is 147 Å². The van der Waals surface area contributed by atoms with Gasteiger partial charge in [-0.3, -0.25) is 0 Å². The number of carbonyl (C=O) groups is 1. The van der Waals surface area contributed by atoms with Crippen LogP contribution in [0.4, 0.5) is 26.3 Å². The van der Waals surface area contributed by atoms with Gasteiger partial charge < -0.3 is 9.53 Å². The minimum absolute atomic E-state index is 0.104. The SMILES string of the molecule is CC.CC(C)(C(F)(F)F)C(F)(F)F.CC(C)(C)C.CC(C)=O.COC.Cc1cc(C)c(C)cc1C.Cc1ccccc1C.Cc1ccccc1C.Cc1ccccc1C.Cc1ccccc1C.Cc1ccccc1C.Cc1ccccc1C.Cc1ccccc1C.Cc1ccccc1C.Cc1ccccc1C.Cc1ccccc1C. The molecule has 0 aliphatic carbocycles. The van der Waals surface area contributed by atoms with Crippen LogP contribution >= 0.6 is 0 Å². The van der Waals surface area contributed by atoms with Crippen LogP contribution in [0, 0.1) is 177 Å². The maximum Gasteiger partial charge on any atom is 0.402 e. The number of rotatable bonds is 0. The van der Waals surface area contributed by atoms with Gasteiger partial charge in [-0.25, -0.2) is 0 Å². The number of carbonyl (C=O) groups excluding carboxylic acids is 1. The summed E-state index contributed by atoms with van der Waals surface area (Å²) in [5.41, 5.74) is 29.8. The Bertz CT molecular complexity index is 3300. The van der Waals surface area contributed by atoms with E-state index < -0.39 is 17.8 Å². The second kappa shape index (κ2) is 63.9. The monoisotopic (exact) mass is 1580 g/mol. The van der Waals surface area contributed by atoms with E-state index in [1.54, 1.807) is 14.2 Å². The van der Waals surface area contributed by atoms with Crippen LogP contribution in [0.2, 0.25) is 0 Å². The number of benzene rings is 11. The van der Waals surface area contributed by atoms with Crippen molar-refractivity contribution in [3.63, 3.8) is 0 Å². The Morgan fingerprint density at radius 2 is 0.270 bits per heavy atom. The van der Waals surface area contributed by atoms with Gasteiger partial charge >= 0.3 is 12.4 Å². The van der Waals surface area contributed by atoms with Gasteiger partial charge in [-0.1, -0.05) is 296 Å². The minimum atomic E-state index is -5.24. The zero-order chi connectivity index (χ0) is 89.8. The van der Waals surface area contributed by atoms with E-state index in [0.717, 1.165) is 0 Å². The standard InChI is InChI=1S/C10H14.10C8H10.C5H6F6.C5H12.C3H6O.C2H6O.C2H6/c1-7-5-9(3)10(4)6-8(7)2;10*1-7-5-3-4-6-8(7)2;1-3(2,4(6,7)8)5(9,10)11;1-5(2,3)4;1-3(2)4;1-3-2;1-2/h5-6H,1-4H3;10*3-6H,1-2H3;1-2H3;1-4H3;1-2H3;1-2H3;1-2H3. The van der Waals surface area contributed by atoms with Crippen molar-refractivity contribution in [2.45, 2.75) is 248 Å². The summed E-state index contributed by atoms with van der Waals surface area (Å²) >= 11 is 0. The van der Waals surface area contributed by atoms with Crippen molar-refractivity contribution in [2.75, 3.05) is 14.2 Å². The number of alkyl halides is 6. The van der Waals surface area contributed by atoms with Crippen LogP contribution in [0.1, 0.15) is 203 Å². The fraction of sp³-hybridized carbons (Fsp3) is 0.374. The quantitative estimate of drug-likeness (QED) is 0.141. The van der Waals surface area contributed by atoms with Crippen molar-refractivity contribution in [2.24, 2.45) is 10.8 Å². The second-order valence-corrected chi connectivity index (χ2v) is 30.8. The van der Waals surface area contributed by atoms with Crippen LogP contribution in [-0.2, 0) is 9.53 Å². The van der Waals surface area contributed by atoms with Crippen LogP contribution < -0.4 is 0 Å². The van der Waals surface area contributed by atoms with E-state index in [1.807, 2.05) is 13.8 Å². The van der Waals surface area contributed by atoms with Gasteiger partial charge in [-0.15, -0.1) is 0 Å². The first-order valence-electron chi connectivity index (χ1n) is 39.6. The highest BCUT2D eigenvalue weighted by Crippen LogP contribution is 2.49. The number of methoxy groups -OCH3 is 1. The van der Waals surface area contributed by atoms with Gasteiger partial charge in [0.15, 0.2) is 5.41 Å². The maximum atomic E-state index is 11.6. The fourth-order valence-corrected chi connectivity index (χ4v) is 7.89. The summed E-state index contributed by atoms with van der Waals surface area (Å²) in [4.78, 5) is 9.44. The molecule has 0 saturated heterocycles. The molecule has 11 aromatic rings. The number of Topliss-reactive ketones (excluding diaryl/α,β-unsaturated/α-hetero) is 1. The molecule has 0 radical (unpaired) electrons. The summed E-state index contributed by atoms with van der Waals surface area (Å²) in [7, 11) is 3.25. The third-order valence-electron chi connectivity index (χ3n) is 17.8. The molecule has 11 aromatic carbocycles. The lowest BCUT2D eigenvalue weighted by Crippen LogP contribution is -2.44. The van der Waals surface area contributed by atoms with Crippen LogP contribution in [0.15, 0.2) is 255 Å². The number of aryl methyl sites for hydroxylation is 24. The molecular weight excluding hydrogens is 1430 g/mol. The van der Waals surface area contributed by atoms with Gasteiger partial charge in [0.05, 0.1) is 0 Å². The molecule has 11 rings (SSSR count). The maximum absolute atomic E-state index is 11.6. The number of hydrogen-bond acceptors (Lipinski definition) is 2. The molecule has 0 unspecified atom stereocenters. The molecule has 0 fully saturated rings. The predicted molar refractivity (Wildman–Crippen MR) is 496 cm³/mol. The van der Waals surface area contributed by atoms with E-state index in [4.69, 9.17) is 0 Å². The first-order valence-corrected chi connectivity index (χ1v) is 39.6. The average molecular weight is 1580 g/mol. The van der Waals surface area contributed by atoms with Crippen molar-refractivity contribution < 1.29 is 35.9 Å². The molecule has 0 amide bonds. The molecule has 8 heteroatoms. The second-order valence-electron chi connectivity index (χ2n) is 30.8. The Kier molecular flexibility index (Phi) is 63.4. The van der Waals surface area contributed by atoms with E-state index in [2.05, 4.69) is 453 Å². The number of ether oxygens (including phenoxy) is 1. The molecule has 0 atom stereocenters. The van der Waals surface area contributed by atoms with E-state index in [9.17, 15) is 31.1 Å². The van der Waals surface area contributed by atoms with Crippen molar-refractivity contribution in [1.82, 2.24) is 0 Å². The van der Waals surface area contributed by atoms with Crippen LogP contribution in [0.3, 0.4) is 0 Å². The van der Waals surface area contributed by atoms with Crippen LogP contribution in [0.5, 0.6) is 0 Å². The molecule has 0 aliphatic rings. The van der Waals surface area contributed by atoms with Crippen molar-refractivity contribution in [3.8, 4) is 0 Å². The van der Waals surface area contributed by atoms with Crippen molar-refractivity contribution >= 4 is 5.78 Å². The molecule has 0 spiro atoms. The van der Waals surface area contributed by atoms with Gasteiger partial charge in [0.25, 0.3) is 0 Å². The highest BCUT2D eigenvalue weighted by atomic mass is 19.4. The number of hydrogen-bond donors (Lipinski definition) is 0. The fourth-order valence-electron chi connectivity index (χ4n) is 7.89. The summed E-state index contributed by atoms with van der Waals surface area (Å²) in [6, 6.07) is 88.0. The van der Waals surface area contributed by atoms with Crippen LogP contribution in [-0.4, -0.2) is 32.4 Å². The Morgan fingerprint density at radius 1 is 0.209 bits per heavy atom. The lowest BCUT2D eigenvalue weighted by Gasteiger charge is -2.29. The third kappa shape index (κ3) is 60.8. The largest absolute Gasteiger partial charge is 0.402 e. The molecule has 0 bridgehead atoms. The number of halogens is 6. The van der Waals surface area contributed by atoms with E-state index >= 15 is 0 Å². The average Bonchev–Trinajstić information content (AvgIpc) is 0.798. The Hall–Kier alpha value is -9.37. The molecule has 2 nitrogen and oxygen atoms in total. The minimum Gasteiger partial charge on any atom is -0.388 e. The zero-order valence-corrected chi connectivity index (χ0v) is 77.8. The Morgan fingerprint density at radius 3 is 0.304 bits per heavy atom. The van der Waals surface area contributed by atoms with Gasteiger partial charge in [-0.2, -0.15) is 26.3 Å². The molecular formula is C107H150F6O2. The summed E-state index contributed by atoms with van der Waals surface area (Å²) in [6.45, 7) is 67.0. The molecule has 0 aliphatic heterocycles. The molecule has 0 heterocycles. The van der Waals surface area contributed by atoms with E-state index in [-0.39, 0.29) is 19.6 Å². The van der Waals surface area contributed by atoms with Gasteiger partial charge in [-0.05, 0) is 333 Å². The summed E-state index contributed by atoms with van der Waals surface area (Å²) in [6.07, 6.45) is -10.5. The lowest BCUT2D eigenvalue weighted by atomic mass is 9.92. The first-order chi connectivity index (χ1) is 53.3. The zero-order valence-electron chi connectivity index (χ0n) is 77.8. The third-order valence-corrected chi connectivity index (χ3v) is 17.8. The molecule has 0 N–H and O–H groups in total. The summed E-state index contributed by atoms with van der Waals surface area (Å²) in [5.74, 6) is 0.167. The summed E-state index contributed by atoms with van der Waals surface area (Å²) < 4.78 is 73.9. The summed E-state index contributed by atoms with van der Waals surface area (Å²) in [5, 5.41) is 0. The van der Waals surface area contributed by atoms with Gasteiger partial charge in [0, 0.05) is 14.2 Å².